The Morgan fingerprint density at radius 1 is 0.754 bits per heavy atom. The van der Waals surface area contributed by atoms with E-state index in [9.17, 15) is 55.9 Å². The Morgan fingerprint density at radius 2 is 1.40 bits per heavy atom. The maximum Gasteiger partial charge on any atom is 0.335 e. The summed E-state index contributed by atoms with van der Waals surface area (Å²) in [4.78, 5) is 12.3. The minimum absolute atomic E-state index is 0.128. The predicted octanol–water partition coefficient (Wildman–Crippen LogP) is 0.824. The second-order valence-corrected chi connectivity index (χ2v) is 21.0. The van der Waals surface area contributed by atoms with Gasteiger partial charge in [-0.1, -0.05) is 60.1 Å². The molecule has 7 aliphatic rings. The summed E-state index contributed by atoms with van der Waals surface area (Å²) < 4.78 is 23.5. The molecular formula is C42H68O15. The molecule has 57 heavy (non-hydrogen) atoms. The average Bonchev–Trinajstić information content (AvgIpc) is 3.11. The quantitative estimate of drug-likeness (QED) is 0.126. The fourth-order valence-corrected chi connectivity index (χ4v) is 14.0. The molecule has 10 N–H and O–H groups in total. The first kappa shape index (κ1) is 43.8. The van der Waals surface area contributed by atoms with Gasteiger partial charge in [0, 0.05) is 0 Å². The van der Waals surface area contributed by atoms with Crippen LogP contribution in [0.5, 0.6) is 0 Å². The van der Waals surface area contributed by atoms with Crippen LogP contribution in [0.15, 0.2) is 11.6 Å². The summed E-state index contributed by atoms with van der Waals surface area (Å²) in [6, 6.07) is 0. The van der Waals surface area contributed by atoms with E-state index in [2.05, 4.69) is 54.5 Å². The van der Waals surface area contributed by atoms with Crippen molar-refractivity contribution in [3.8, 4) is 0 Å². The van der Waals surface area contributed by atoms with Crippen LogP contribution >= 0.6 is 0 Å². The number of aliphatic hydroxyl groups excluding tert-OH is 9. The fraction of sp³-hybridized carbons (Fsp3) is 0.929. The maximum atomic E-state index is 12.3. The van der Waals surface area contributed by atoms with Gasteiger partial charge in [0.1, 0.15) is 42.7 Å². The number of aliphatic carboxylic acids is 1. The van der Waals surface area contributed by atoms with Crippen molar-refractivity contribution in [2.75, 3.05) is 13.2 Å². The molecule has 15 heteroatoms. The lowest BCUT2D eigenvalue weighted by atomic mass is 9.33. The number of ether oxygens (including phenoxy) is 4. The third-order valence-electron chi connectivity index (χ3n) is 17.3. The molecular weight excluding hydrogens is 744 g/mol. The molecule has 326 valence electrons. The average molecular weight is 813 g/mol. The highest BCUT2D eigenvalue weighted by molar-refractivity contribution is 5.73. The van der Waals surface area contributed by atoms with Crippen molar-refractivity contribution in [1.82, 2.24) is 0 Å². The van der Waals surface area contributed by atoms with Gasteiger partial charge in [-0.25, -0.2) is 4.79 Å². The molecule has 0 aromatic carbocycles. The highest BCUT2D eigenvalue weighted by Gasteiger charge is 2.71. The molecule has 2 heterocycles. The van der Waals surface area contributed by atoms with Crippen LogP contribution in [0.4, 0.5) is 0 Å². The Kier molecular flexibility index (Phi) is 11.3. The first-order valence-electron chi connectivity index (χ1n) is 21.0. The number of carbonyl (C=O) groups is 1. The SMILES string of the molecule is CC1(C)CC(O)C2(CO)C(O)CC3(C)C(=CCC4C5(C)CCC(OC6OC(C(=O)O)C(O)C(OC7OC(CO)C(O)C(O)C7O)C6O)C(C)(C)C5CCC43C)C2C1. The molecule has 2 saturated heterocycles. The van der Waals surface area contributed by atoms with E-state index >= 15 is 0 Å². The number of hydrogen-bond donors (Lipinski definition) is 10. The first-order valence-corrected chi connectivity index (χ1v) is 21.0. The summed E-state index contributed by atoms with van der Waals surface area (Å²) in [5.41, 5.74) is -1.16. The molecule has 2 aliphatic heterocycles. The topological polar surface area (TPSA) is 256 Å². The van der Waals surface area contributed by atoms with Crippen molar-refractivity contribution < 1.29 is 74.8 Å². The van der Waals surface area contributed by atoms with E-state index < -0.39 is 103 Å². The number of aliphatic hydroxyl groups is 9. The van der Waals surface area contributed by atoms with Crippen molar-refractivity contribution in [2.24, 2.45) is 50.2 Å². The molecule has 5 aliphatic carbocycles. The minimum Gasteiger partial charge on any atom is -0.479 e. The van der Waals surface area contributed by atoms with Gasteiger partial charge in [0.25, 0.3) is 0 Å². The van der Waals surface area contributed by atoms with Gasteiger partial charge in [-0.15, -0.1) is 0 Å². The molecule has 0 radical (unpaired) electrons. The second kappa shape index (κ2) is 14.7. The van der Waals surface area contributed by atoms with E-state index in [0.717, 1.165) is 32.1 Å². The Hall–Kier alpha value is -1.31. The molecule has 0 aromatic rings. The maximum absolute atomic E-state index is 12.3. The lowest BCUT2D eigenvalue weighted by Gasteiger charge is -2.72. The number of carboxylic acid groups (broad SMARTS) is 1. The Balaban J connectivity index is 1.14. The van der Waals surface area contributed by atoms with E-state index in [0.29, 0.717) is 19.3 Å². The smallest absolute Gasteiger partial charge is 0.335 e. The van der Waals surface area contributed by atoms with Crippen molar-refractivity contribution in [3.05, 3.63) is 11.6 Å². The zero-order valence-corrected chi connectivity index (χ0v) is 34.4. The van der Waals surface area contributed by atoms with Crippen molar-refractivity contribution in [1.29, 1.82) is 0 Å². The molecule has 20 atom stereocenters. The Morgan fingerprint density at radius 3 is 2.04 bits per heavy atom. The second-order valence-electron chi connectivity index (χ2n) is 21.0. The Labute approximate surface area is 335 Å². The largest absolute Gasteiger partial charge is 0.479 e. The molecule has 0 bridgehead atoms. The van der Waals surface area contributed by atoms with Crippen LogP contribution in [-0.4, -0.2) is 150 Å². The van der Waals surface area contributed by atoms with Gasteiger partial charge in [0.15, 0.2) is 18.7 Å². The zero-order valence-electron chi connectivity index (χ0n) is 34.4. The van der Waals surface area contributed by atoms with Crippen LogP contribution in [0.1, 0.15) is 99.8 Å². The van der Waals surface area contributed by atoms with Gasteiger partial charge in [-0.05, 0) is 96.2 Å². The highest BCUT2D eigenvalue weighted by Crippen LogP contribution is 2.76. The summed E-state index contributed by atoms with van der Waals surface area (Å²) in [6.45, 7) is 14.6. The van der Waals surface area contributed by atoms with Crippen LogP contribution in [0.25, 0.3) is 0 Å². The lowest BCUT2D eigenvalue weighted by Crippen LogP contribution is -2.69. The van der Waals surface area contributed by atoms with Gasteiger partial charge in [-0.2, -0.15) is 0 Å². The number of hydrogen-bond acceptors (Lipinski definition) is 14. The van der Waals surface area contributed by atoms with E-state index in [1.807, 2.05) is 0 Å². The molecule has 15 nitrogen and oxygen atoms in total. The third-order valence-corrected chi connectivity index (χ3v) is 17.3. The number of carboxylic acids is 1. The van der Waals surface area contributed by atoms with E-state index in [4.69, 9.17) is 18.9 Å². The fourth-order valence-electron chi connectivity index (χ4n) is 14.0. The van der Waals surface area contributed by atoms with Crippen LogP contribution < -0.4 is 0 Å². The van der Waals surface area contributed by atoms with Gasteiger partial charge in [0.2, 0.25) is 0 Å². The zero-order chi connectivity index (χ0) is 42.0. The van der Waals surface area contributed by atoms with Crippen molar-refractivity contribution >= 4 is 5.97 Å². The summed E-state index contributed by atoms with van der Waals surface area (Å²) in [5.74, 6) is -1.33. The molecule has 4 saturated carbocycles. The Bertz CT molecular complexity index is 1550. The van der Waals surface area contributed by atoms with Crippen molar-refractivity contribution in [2.45, 2.75) is 180 Å². The predicted molar refractivity (Wildman–Crippen MR) is 201 cm³/mol. The van der Waals surface area contributed by atoms with Crippen molar-refractivity contribution in [3.63, 3.8) is 0 Å². The van der Waals surface area contributed by atoms with Crippen LogP contribution in [0.3, 0.4) is 0 Å². The highest BCUT2D eigenvalue weighted by atomic mass is 16.7. The lowest BCUT2D eigenvalue weighted by molar-refractivity contribution is -0.365. The minimum atomic E-state index is -1.95. The van der Waals surface area contributed by atoms with E-state index in [-0.39, 0.29) is 46.0 Å². The molecule has 20 unspecified atom stereocenters. The number of fused-ring (bicyclic) bond motifs is 7. The molecule has 0 spiro atoms. The standard InChI is InChI=1S/C42H68O15/c1-37(2)14-20-19-8-9-23-39(5)12-11-26(38(3,4)22(39)10-13-40(23,6)41(19,7)16-25(46)42(20,18-44)24(45)15-37)55-36-31(51)32(30(50)33(57-36)34(52)53)56-35-29(49)28(48)27(47)21(17-43)54-35/h8,20-33,35-36,43-51H,9-18H2,1-7H3,(H,52,53). The van der Waals surface area contributed by atoms with Gasteiger partial charge in [-0.3, -0.25) is 0 Å². The van der Waals surface area contributed by atoms with Gasteiger partial charge in [0.05, 0.1) is 36.9 Å². The van der Waals surface area contributed by atoms with Crippen LogP contribution in [0.2, 0.25) is 0 Å². The molecule has 0 amide bonds. The first-order chi connectivity index (χ1) is 26.4. The summed E-state index contributed by atoms with van der Waals surface area (Å²) in [6.07, 6.45) is -11.6. The van der Waals surface area contributed by atoms with Crippen LogP contribution in [-0.2, 0) is 23.7 Å². The van der Waals surface area contributed by atoms with E-state index in [1.165, 1.54) is 5.57 Å². The third kappa shape index (κ3) is 6.35. The van der Waals surface area contributed by atoms with Gasteiger partial charge >= 0.3 is 5.97 Å². The monoisotopic (exact) mass is 812 g/mol. The van der Waals surface area contributed by atoms with E-state index in [1.54, 1.807) is 0 Å². The normalized spacial score (nSPS) is 54.4. The molecule has 0 aromatic heterocycles. The molecule has 6 fully saturated rings. The van der Waals surface area contributed by atoms with Gasteiger partial charge < -0.3 is 70.0 Å². The summed E-state index contributed by atoms with van der Waals surface area (Å²) >= 11 is 0. The molecule has 7 rings (SSSR count). The summed E-state index contributed by atoms with van der Waals surface area (Å²) in [5, 5.41) is 108. The summed E-state index contributed by atoms with van der Waals surface area (Å²) in [7, 11) is 0. The van der Waals surface area contributed by atoms with Crippen LogP contribution in [0, 0.1) is 50.2 Å². The number of allylic oxidation sites excluding steroid dienone is 2. The number of rotatable bonds is 7.